The van der Waals surface area contributed by atoms with Crippen LogP contribution in [0, 0.1) is 29.6 Å². The summed E-state index contributed by atoms with van der Waals surface area (Å²) in [6.45, 7) is 1.86. The molecule has 0 aromatic rings. The predicted molar refractivity (Wildman–Crippen MR) is 87.3 cm³/mol. The molecule has 3 saturated carbocycles. The molecule has 1 heterocycles. The summed E-state index contributed by atoms with van der Waals surface area (Å²) in [7, 11) is 0. The number of likely N-dealkylation sites (tertiary alicyclic amines) is 1. The van der Waals surface area contributed by atoms with Crippen molar-refractivity contribution >= 4 is 11.8 Å². The van der Waals surface area contributed by atoms with Crippen molar-refractivity contribution < 1.29 is 9.59 Å². The van der Waals surface area contributed by atoms with E-state index >= 15 is 0 Å². The fraction of sp³-hybridized carbons (Fsp3) is 0.889. The summed E-state index contributed by atoms with van der Waals surface area (Å²) in [5.41, 5.74) is 5.42. The lowest BCUT2D eigenvalue weighted by atomic mass is 9.97. The van der Waals surface area contributed by atoms with Crippen molar-refractivity contribution in [1.82, 2.24) is 10.2 Å². The Morgan fingerprint density at radius 3 is 2.52 bits per heavy atom. The Morgan fingerprint density at radius 1 is 1.09 bits per heavy atom. The molecule has 3 N–H and O–H groups in total. The Balaban J connectivity index is 1.36. The van der Waals surface area contributed by atoms with E-state index < -0.39 is 0 Å². The molecule has 5 nitrogen and oxygen atoms in total. The number of hydrogen-bond donors (Lipinski definition) is 2. The van der Waals surface area contributed by atoms with Crippen molar-refractivity contribution in [3.8, 4) is 0 Å². The molecule has 1 saturated heterocycles. The zero-order valence-electron chi connectivity index (χ0n) is 13.9. The van der Waals surface area contributed by atoms with Crippen LogP contribution in [0.4, 0.5) is 0 Å². The second-order valence-corrected chi connectivity index (χ2v) is 8.04. The summed E-state index contributed by atoms with van der Waals surface area (Å²) in [6.07, 6.45) is 7.75. The van der Waals surface area contributed by atoms with Gasteiger partial charge < -0.3 is 16.0 Å². The third-order valence-electron chi connectivity index (χ3n) is 6.84. The van der Waals surface area contributed by atoms with E-state index in [-0.39, 0.29) is 11.9 Å². The number of rotatable bonds is 5. The molecule has 2 amide bonds. The van der Waals surface area contributed by atoms with Crippen LogP contribution in [-0.2, 0) is 9.59 Å². The van der Waals surface area contributed by atoms with Gasteiger partial charge in [-0.15, -0.1) is 0 Å². The van der Waals surface area contributed by atoms with Gasteiger partial charge in [0.15, 0.2) is 0 Å². The maximum absolute atomic E-state index is 13.1. The molecule has 128 valence electrons. The van der Waals surface area contributed by atoms with Crippen LogP contribution in [-0.4, -0.2) is 42.4 Å². The van der Waals surface area contributed by atoms with Crippen LogP contribution in [0.15, 0.2) is 0 Å². The molecular weight excluding hydrogens is 290 g/mol. The van der Waals surface area contributed by atoms with Crippen LogP contribution in [0.25, 0.3) is 0 Å². The molecule has 4 rings (SSSR count). The molecule has 5 atom stereocenters. The lowest BCUT2D eigenvalue weighted by Gasteiger charge is -2.36. The quantitative estimate of drug-likeness (QED) is 0.797. The van der Waals surface area contributed by atoms with Crippen LogP contribution in [0.5, 0.6) is 0 Å². The van der Waals surface area contributed by atoms with Crippen LogP contribution >= 0.6 is 0 Å². The molecule has 4 aliphatic rings. The van der Waals surface area contributed by atoms with Crippen molar-refractivity contribution in [3.05, 3.63) is 0 Å². The lowest BCUT2D eigenvalue weighted by Crippen LogP contribution is -2.50. The number of nitrogens with one attached hydrogen (secondary N) is 1. The van der Waals surface area contributed by atoms with Crippen molar-refractivity contribution in [1.29, 1.82) is 0 Å². The van der Waals surface area contributed by atoms with Gasteiger partial charge in [0.25, 0.3) is 0 Å². The Bertz CT molecular complexity index is 479. The van der Waals surface area contributed by atoms with Gasteiger partial charge in [-0.3, -0.25) is 9.59 Å². The average molecular weight is 319 g/mol. The van der Waals surface area contributed by atoms with Crippen molar-refractivity contribution in [2.24, 2.45) is 35.3 Å². The van der Waals surface area contributed by atoms with Gasteiger partial charge in [0.1, 0.15) is 0 Å². The number of nitrogens with zero attached hydrogens (tertiary/aromatic N) is 1. The Kier molecular flexibility index (Phi) is 4.08. The molecule has 23 heavy (non-hydrogen) atoms. The fourth-order valence-corrected chi connectivity index (χ4v) is 5.80. The zero-order valence-corrected chi connectivity index (χ0v) is 13.9. The van der Waals surface area contributed by atoms with E-state index in [0.717, 1.165) is 37.6 Å². The maximum Gasteiger partial charge on any atom is 0.226 e. The van der Waals surface area contributed by atoms with Gasteiger partial charge in [-0.05, 0) is 62.2 Å². The van der Waals surface area contributed by atoms with Crippen LogP contribution < -0.4 is 11.1 Å². The predicted octanol–water partition coefficient (Wildman–Crippen LogP) is 1.12. The minimum Gasteiger partial charge on any atom is -0.354 e. The third kappa shape index (κ3) is 2.67. The molecule has 5 heteroatoms. The minimum absolute atomic E-state index is 0.00630. The van der Waals surface area contributed by atoms with Gasteiger partial charge >= 0.3 is 0 Å². The summed E-state index contributed by atoms with van der Waals surface area (Å²) in [5.74, 6) is 3.81. The number of nitrogens with two attached hydrogens (primary N) is 1. The molecule has 4 fully saturated rings. The van der Waals surface area contributed by atoms with Gasteiger partial charge in [0, 0.05) is 38.0 Å². The first-order chi connectivity index (χ1) is 11.2. The molecule has 5 unspecified atom stereocenters. The molecular formula is C18H29N3O2. The fourth-order valence-electron chi connectivity index (χ4n) is 5.80. The summed E-state index contributed by atoms with van der Waals surface area (Å²) < 4.78 is 0. The number of piperidine rings is 1. The van der Waals surface area contributed by atoms with Crippen molar-refractivity contribution in [2.45, 2.75) is 51.0 Å². The largest absolute Gasteiger partial charge is 0.354 e. The molecule has 0 aromatic heterocycles. The van der Waals surface area contributed by atoms with Gasteiger partial charge in [0.2, 0.25) is 11.8 Å². The second-order valence-electron chi connectivity index (χ2n) is 8.04. The number of hydrogen-bond acceptors (Lipinski definition) is 3. The molecule has 0 aromatic carbocycles. The first-order valence-electron chi connectivity index (χ1n) is 9.48. The molecule has 1 aliphatic heterocycles. The first-order valence-corrected chi connectivity index (χ1v) is 9.48. The highest BCUT2D eigenvalue weighted by molar-refractivity contribution is 5.83. The standard InChI is InChI=1S/C18H29N3O2/c19-7-6-14(22)20-10-13-3-1-2-8-21(13)18(23)17-15-11-4-5-12(9-11)16(15)17/h11-13,15-17H,1-10,19H2,(H,20,22). The minimum atomic E-state index is 0.00630. The highest BCUT2D eigenvalue weighted by Gasteiger charge is 2.68. The number of carbonyl (C=O) groups is 2. The Morgan fingerprint density at radius 2 is 1.83 bits per heavy atom. The van der Waals surface area contributed by atoms with E-state index in [2.05, 4.69) is 10.2 Å². The lowest BCUT2D eigenvalue weighted by molar-refractivity contribution is -0.138. The summed E-state index contributed by atoms with van der Waals surface area (Å²) >= 11 is 0. The van der Waals surface area contributed by atoms with E-state index in [1.54, 1.807) is 0 Å². The monoisotopic (exact) mass is 319 g/mol. The van der Waals surface area contributed by atoms with Crippen LogP contribution in [0.2, 0.25) is 0 Å². The topological polar surface area (TPSA) is 75.4 Å². The van der Waals surface area contributed by atoms with E-state index in [1.807, 2.05) is 0 Å². The zero-order chi connectivity index (χ0) is 16.0. The normalized spacial score (nSPS) is 40.8. The van der Waals surface area contributed by atoms with Gasteiger partial charge in [-0.25, -0.2) is 0 Å². The summed E-state index contributed by atoms with van der Waals surface area (Å²) in [6, 6.07) is 0.192. The molecule has 3 aliphatic carbocycles. The SMILES string of the molecule is NCCC(=O)NCC1CCCCN1C(=O)C1C2C3CCC(C3)C12. The maximum atomic E-state index is 13.1. The Labute approximate surface area is 138 Å². The first kappa shape index (κ1) is 15.4. The highest BCUT2D eigenvalue weighted by Crippen LogP contribution is 2.69. The second kappa shape index (κ2) is 6.08. The summed E-state index contributed by atoms with van der Waals surface area (Å²) in [5, 5.41) is 2.96. The molecule has 2 bridgehead atoms. The van der Waals surface area contributed by atoms with E-state index in [1.165, 1.54) is 19.3 Å². The van der Waals surface area contributed by atoms with Crippen molar-refractivity contribution in [3.63, 3.8) is 0 Å². The van der Waals surface area contributed by atoms with E-state index in [9.17, 15) is 9.59 Å². The molecule has 0 radical (unpaired) electrons. The van der Waals surface area contributed by atoms with E-state index in [4.69, 9.17) is 5.73 Å². The number of amides is 2. The van der Waals surface area contributed by atoms with Crippen LogP contribution in [0.3, 0.4) is 0 Å². The molecule has 0 spiro atoms. The number of carbonyl (C=O) groups excluding carboxylic acids is 2. The third-order valence-corrected chi connectivity index (χ3v) is 6.84. The summed E-state index contributed by atoms with van der Waals surface area (Å²) in [4.78, 5) is 26.8. The van der Waals surface area contributed by atoms with Crippen LogP contribution in [0.1, 0.15) is 44.9 Å². The average Bonchev–Trinajstić information content (AvgIpc) is 3.00. The smallest absolute Gasteiger partial charge is 0.226 e. The van der Waals surface area contributed by atoms with Gasteiger partial charge in [0.05, 0.1) is 0 Å². The number of fused-ring (bicyclic) bond motifs is 5. The van der Waals surface area contributed by atoms with E-state index in [0.29, 0.717) is 43.2 Å². The van der Waals surface area contributed by atoms with Gasteiger partial charge in [-0.2, -0.15) is 0 Å². The Hall–Kier alpha value is -1.10. The highest BCUT2D eigenvalue weighted by atomic mass is 16.2. The van der Waals surface area contributed by atoms with Crippen molar-refractivity contribution in [2.75, 3.05) is 19.6 Å². The van der Waals surface area contributed by atoms with Gasteiger partial charge in [-0.1, -0.05) is 0 Å².